The molecule has 0 saturated heterocycles. The fraction of sp³-hybridized carbons (Fsp3) is 0.357. The van der Waals surface area contributed by atoms with Gasteiger partial charge in [-0.15, -0.1) is 0 Å². The number of hydrogen-bond acceptors (Lipinski definition) is 3. The summed E-state index contributed by atoms with van der Waals surface area (Å²) in [7, 11) is 0. The Labute approximate surface area is 101 Å². The van der Waals surface area contributed by atoms with E-state index in [9.17, 15) is 0 Å². The van der Waals surface area contributed by atoms with Crippen molar-refractivity contribution in [1.29, 1.82) is 0 Å². The van der Waals surface area contributed by atoms with Crippen LogP contribution in [0, 0.1) is 6.92 Å². The van der Waals surface area contributed by atoms with E-state index in [1.54, 1.807) is 6.26 Å². The molecule has 0 bridgehead atoms. The quantitative estimate of drug-likeness (QED) is 0.855. The van der Waals surface area contributed by atoms with Crippen LogP contribution in [0.2, 0.25) is 0 Å². The third kappa shape index (κ3) is 2.05. The lowest BCUT2D eigenvalue weighted by atomic mass is 9.93. The van der Waals surface area contributed by atoms with Gasteiger partial charge in [0.25, 0.3) is 0 Å². The van der Waals surface area contributed by atoms with Crippen LogP contribution in [0.5, 0.6) is 0 Å². The van der Waals surface area contributed by atoms with Gasteiger partial charge in [0.15, 0.2) is 0 Å². The zero-order valence-corrected chi connectivity index (χ0v) is 9.94. The first-order chi connectivity index (χ1) is 8.33. The van der Waals surface area contributed by atoms with Gasteiger partial charge in [-0.2, -0.15) is 0 Å². The molecule has 1 aliphatic rings. The van der Waals surface area contributed by atoms with E-state index in [0.717, 1.165) is 24.3 Å². The molecule has 0 saturated carbocycles. The average molecular weight is 228 g/mol. The number of fused-ring (bicyclic) bond motifs is 1. The SMILES string of the molecule is Cc1cncc(NC2CCCc3occc32)c1. The van der Waals surface area contributed by atoms with Crippen molar-refractivity contribution in [1.82, 2.24) is 4.98 Å². The van der Waals surface area contributed by atoms with E-state index in [0.29, 0.717) is 6.04 Å². The summed E-state index contributed by atoms with van der Waals surface area (Å²) in [5.41, 5.74) is 3.57. The number of furan rings is 1. The molecule has 2 aromatic rings. The highest BCUT2D eigenvalue weighted by Crippen LogP contribution is 2.33. The minimum absolute atomic E-state index is 0.362. The second-order valence-electron chi connectivity index (χ2n) is 4.64. The van der Waals surface area contributed by atoms with E-state index in [2.05, 4.69) is 29.4 Å². The molecule has 3 heteroatoms. The van der Waals surface area contributed by atoms with Gasteiger partial charge in [-0.3, -0.25) is 4.98 Å². The molecule has 1 atom stereocenters. The Bertz CT molecular complexity index is 518. The van der Waals surface area contributed by atoms with Gasteiger partial charge in [-0.05, 0) is 37.5 Å². The molecule has 2 aromatic heterocycles. The first-order valence-electron chi connectivity index (χ1n) is 6.07. The second kappa shape index (κ2) is 4.24. The summed E-state index contributed by atoms with van der Waals surface area (Å²) in [6.45, 7) is 2.06. The minimum Gasteiger partial charge on any atom is -0.469 e. The van der Waals surface area contributed by atoms with Crippen molar-refractivity contribution in [2.24, 2.45) is 0 Å². The summed E-state index contributed by atoms with van der Waals surface area (Å²) in [5.74, 6) is 1.13. The number of nitrogens with one attached hydrogen (secondary N) is 1. The van der Waals surface area contributed by atoms with Crippen LogP contribution >= 0.6 is 0 Å². The topological polar surface area (TPSA) is 38.1 Å². The van der Waals surface area contributed by atoms with Crippen LogP contribution in [0.3, 0.4) is 0 Å². The summed E-state index contributed by atoms with van der Waals surface area (Å²) in [6, 6.07) is 4.57. The molecule has 0 aliphatic heterocycles. The molecule has 0 spiro atoms. The lowest BCUT2D eigenvalue weighted by Gasteiger charge is -2.23. The Balaban J connectivity index is 1.84. The van der Waals surface area contributed by atoms with Gasteiger partial charge >= 0.3 is 0 Å². The summed E-state index contributed by atoms with van der Waals surface area (Å²) in [4.78, 5) is 4.21. The molecule has 0 radical (unpaired) electrons. The lowest BCUT2D eigenvalue weighted by molar-refractivity contribution is 0.461. The maximum absolute atomic E-state index is 5.49. The van der Waals surface area contributed by atoms with Crippen LogP contribution in [0.4, 0.5) is 5.69 Å². The molecule has 17 heavy (non-hydrogen) atoms. The van der Waals surface area contributed by atoms with Crippen LogP contribution in [0.1, 0.15) is 35.8 Å². The van der Waals surface area contributed by atoms with Crippen LogP contribution in [0.25, 0.3) is 0 Å². The highest BCUT2D eigenvalue weighted by molar-refractivity contribution is 5.45. The summed E-state index contributed by atoms with van der Waals surface area (Å²) in [5, 5.41) is 3.54. The van der Waals surface area contributed by atoms with Gasteiger partial charge in [0, 0.05) is 24.4 Å². The van der Waals surface area contributed by atoms with E-state index >= 15 is 0 Å². The van der Waals surface area contributed by atoms with Gasteiger partial charge in [-0.1, -0.05) is 0 Å². The summed E-state index contributed by atoms with van der Waals surface area (Å²) in [6.07, 6.45) is 8.93. The molecule has 3 nitrogen and oxygen atoms in total. The fourth-order valence-corrected chi connectivity index (χ4v) is 2.47. The van der Waals surface area contributed by atoms with E-state index in [-0.39, 0.29) is 0 Å². The fourth-order valence-electron chi connectivity index (χ4n) is 2.47. The number of aromatic nitrogens is 1. The van der Waals surface area contributed by atoms with Gasteiger partial charge in [0.05, 0.1) is 18.0 Å². The third-order valence-corrected chi connectivity index (χ3v) is 3.27. The van der Waals surface area contributed by atoms with E-state index in [1.807, 2.05) is 12.4 Å². The van der Waals surface area contributed by atoms with Crippen molar-refractivity contribution < 1.29 is 4.42 Å². The molecular weight excluding hydrogens is 212 g/mol. The zero-order chi connectivity index (χ0) is 11.7. The average Bonchev–Trinajstić information content (AvgIpc) is 2.78. The van der Waals surface area contributed by atoms with Crippen LogP contribution < -0.4 is 5.32 Å². The van der Waals surface area contributed by atoms with Crippen LogP contribution in [-0.4, -0.2) is 4.98 Å². The van der Waals surface area contributed by atoms with Gasteiger partial charge < -0.3 is 9.73 Å². The zero-order valence-electron chi connectivity index (χ0n) is 9.94. The number of hydrogen-bond donors (Lipinski definition) is 1. The number of rotatable bonds is 2. The Kier molecular flexibility index (Phi) is 2.59. The summed E-state index contributed by atoms with van der Waals surface area (Å²) < 4.78 is 5.49. The molecule has 88 valence electrons. The maximum Gasteiger partial charge on any atom is 0.109 e. The predicted molar refractivity (Wildman–Crippen MR) is 67.0 cm³/mol. The van der Waals surface area contributed by atoms with Gasteiger partial charge in [0.2, 0.25) is 0 Å². The molecule has 2 heterocycles. The van der Waals surface area contributed by atoms with Crippen molar-refractivity contribution in [3.63, 3.8) is 0 Å². The van der Waals surface area contributed by atoms with E-state index in [1.165, 1.54) is 17.5 Å². The van der Waals surface area contributed by atoms with Crippen LogP contribution in [0.15, 0.2) is 35.2 Å². The third-order valence-electron chi connectivity index (χ3n) is 3.27. The minimum atomic E-state index is 0.362. The van der Waals surface area contributed by atoms with Crippen molar-refractivity contribution in [3.05, 3.63) is 47.7 Å². The van der Waals surface area contributed by atoms with Crippen molar-refractivity contribution in [3.8, 4) is 0 Å². The smallest absolute Gasteiger partial charge is 0.109 e. The molecule has 0 amide bonds. The molecule has 3 rings (SSSR count). The standard InChI is InChI=1S/C14H16N2O/c1-10-7-11(9-15-8-10)16-13-3-2-4-14-12(13)5-6-17-14/h5-9,13,16H,2-4H2,1H3. The predicted octanol–water partition coefficient (Wildman–Crippen LogP) is 3.47. The van der Waals surface area contributed by atoms with Gasteiger partial charge in [-0.25, -0.2) is 0 Å². The second-order valence-corrected chi connectivity index (χ2v) is 4.64. The molecular formula is C14H16N2O. The molecule has 0 fully saturated rings. The monoisotopic (exact) mass is 228 g/mol. The highest BCUT2D eigenvalue weighted by atomic mass is 16.3. The number of aryl methyl sites for hydroxylation is 2. The Morgan fingerprint density at radius 2 is 2.35 bits per heavy atom. The summed E-state index contributed by atoms with van der Waals surface area (Å²) >= 11 is 0. The maximum atomic E-state index is 5.49. The first-order valence-corrected chi connectivity index (χ1v) is 6.07. The number of nitrogens with zero attached hydrogens (tertiary/aromatic N) is 1. The lowest BCUT2D eigenvalue weighted by Crippen LogP contribution is -2.16. The van der Waals surface area contributed by atoms with Crippen molar-refractivity contribution in [2.75, 3.05) is 5.32 Å². The number of anilines is 1. The number of pyridine rings is 1. The normalized spacial score (nSPS) is 18.8. The largest absolute Gasteiger partial charge is 0.469 e. The van der Waals surface area contributed by atoms with Gasteiger partial charge in [0.1, 0.15) is 5.76 Å². The molecule has 1 unspecified atom stereocenters. The Hall–Kier alpha value is -1.77. The van der Waals surface area contributed by atoms with Crippen molar-refractivity contribution in [2.45, 2.75) is 32.2 Å². The first kappa shape index (κ1) is 10.4. The van der Waals surface area contributed by atoms with Crippen molar-refractivity contribution >= 4 is 5.69 Å². The van der Waals surface area contributed by atoms with E-state index in [4.69, 9.17) is 4.42 Å². The van der Waals surface area contributed by atoms with E-state index < -0.39 is 0 Å². The molecule has 1 aliphatic carbocycles. The van der Waals surface area contributed by atoms with Crippen LogP contribution in [-0.2, 0) is 6.42 Å². The Morgan fingerprint density at radius 1 is 1.41 bits per heavy atom. The highest BCUT2D eigenvalue weighted by Gasteiger charge is 2.22. The molecule has 0 aromatic carbocycles. The molecule has 1 N–H and O–H groups in total. The Morgan fingerprint density at radius 3 is 3.24 bits per heavy atom.